The van der Waals surface area contributed by atoms with Crippen molar-refractivity contribution < 1.29 is 14.7 Å². The molecule has 0 aromatic heterocycles. The predicted octanol–water partition coefficient (Wildman–Crippen LogP) is 4.74. The van der Waals surface area contributed by atoms with Gasteiger partial charge in [0, 0.05) is 22.2 Å². The Balaban J connectivity index is 1.89. The zero-order valence-electron chi connectivity index (χ0n) is 13.2. The second-order valence-corrected chi connectivity index (χ2v) is 6.69. The summed E-state index contributed by atoms with van der Waals surface area (Å²) in [6, 6.07) is 11.2. The maximum atomic E-state index is 12.6. The van der Waals surface area contributed by atoms with Crippen molar-refractivity contribution in [2.75, 3.05) is 11.9 Å². The molecule has 2 N–H and O–H groups in total. The van der Waals surface area contributed by atoms with Crippen LogP contribution in [0.1, 0.15) is 12.8 Å². The number of hydrogen-bond donors (Lipinski definition) is 2. The van der Waals surface area contributed by atoms with Gasteiger partial charge in [-0.3, -0.25) is 0 Å². The molecule has 3 rings (SSSR count). The largest absolute Gasteiger partial charge is 0.480 e. The minimum Gasteiger partial charge on any atom is -0.480 e. The molecule has 130 valence electrons. The van der Waals surface area contributed by atoms with Crippen molar-refractivity contribution >= 4 is 40.9 Å². The lowest BCUT2D eigenvalue weighted by Crippen LogP contribution is -2.42. The Bertz CT molecular complexity index is 808. The number of amides is 2. The molecule has 1 aliphatic heterocycles. The summed E-state index contributed by atoms with van der Waals surface area (Å²) in [6.07, 6.45) is 1.13. The number of carboxylic acid groups (broad SMARTS) is 1. The molecular weight excluding hydrogens is 363 g/mol. The molecular formula is C18H16Cl2N2O3. The molecule has 1 saturated heterocycles. The summed E-state index contributed by atoms with van der Waals surface area (Å²) in [5, 5.41) is 13.1. The first-order chi connectivity index (χ1) is 12.0. The van der Waals surface area contributed by atoms with Gasteiger partial charge in [0.25, 0.3) is 0 Å². The minimum absolute atomic E-state index is 0.416. The van der Waals surface area contributed by atoms with Crippen molar-refractivity contribution in [2.24, 2.45) is 0 Å². The molecule has 0 bridgehead atoms. The molecule has 0 aliphatic carbocycles. The van der Waals surface area contributed by atoms with Gasteiger partial charge in [0.15, 0.2) is 0 Å². The number of nitrogens with zero attached hydrogens (tertiary/aromatic N) is 1. The molecule has 1 aliphatic rings. The lowest BCUT2D eigenvalue weighted by molar-refractivity contribution is -0.141. The number of benzene rings is 2. The summed E-state index contributed by atoms with van der Waals surface area (Å²) in [6.45, 7) is 0.416. The van der Waals surface area contributed by atoms with Gasteiger partial charge in [-0.25, -0.2) is 9.59 Å². The van der Waals surface area contributed by atoms with E-state index in [1.165, 1.54) is 4.90 Å². The van der Waals surface area contributed by atoms with E-state index in [4.69, 9.17) is 23.2 Å². The quantitative estimate of drug-likeness (QED) is 0.809. The van der Waals surface area contributed by atoms with Crippen LogP contribution in [0.25, 0.3) is 11.1 Å². The number of hydrogen-bond acceptors (Lipinski definition) is 2. The summed E-state index contributed by atoms with van der Waals surface area (Å²) in [5.74, 6) is -0.989. The SMILES string of the molecule is O=C(O)[C@H]1CCCN1C(=O)Nc1cc(Cl)ccc1-c1ccc(Cl)cc1. The Hall–Kier alpha value is -2.24. The number of carbonyl (C=O) groups is 2. The Morgan fingerprint density at radius 2 is 1.76 bits per heavy atom. The molecule has 2 aromatic carbocycles. The molecule has 7 heteroatoms. The van der Waals surface area contributed by atoms with Crippen molar-refractivity contribution in [1.82, 2.24) is 4.90 Å². The highest BCUT2D eigenvalue weighted by Gasteiger charge is 2.34. The Morgan fingerprint density at radius 3 is 2.44 bits per heavy atom. The Kier molecular flexibility index (Phi) is 5.16. The number of nitrogens with one attached hydrogen (secondary N) is 1. The molecule has 5 nitrogen and oxygen atoms in total. The van der Waals surface area contributed by atoms with Crippen LogP contribution in [-0.2, 0) is 4.79 Å². The molecule has 1 fully saturated rings. The highest BCUT2D eigenvalue weighted by atomic mass is 35.5. The summed E-state index contributed by atoms with van der Waals surface area (Å²) in [5.41, 5.74) is 2.17. The van der Waals surface area contributed by atoms with E-state index in [1.54, 1.807) is 30.3 Å². The second kappa shape index (κ2) is 7.33. The number of carboxylic acids is 1. The number of anilines is 1. The number of rotatable bonds is 3. The van der Waals surface area contributed by atoms with E-state index in [2.05, 4.69) is 5.32 Å². The van der Waals surface area contributed by atoms with Crippen LogP contribution in [-0.4, -0.2) is 34.6 Å². The van der Waals surface area contributed by atoms with E-state index >= 15 is 0 Å². The third kappa shape index (κ3) is 3.89. The first-order valence-electron chi connectivity index (χ1n) is 7.81. The first-order valence-corrected chi connectivity index (χ1v) is 8.57. The monoisotopic (exact) mass is 378 g/mol. The van der Waals surface area contributed by atoms with Gasteiger partial charge in [0.1, 0.15) is 6.04 Å². The van der Waals surface area contributed by atoms with Gasteiger partial charge in [-0.15, -0.1) is 0 Å². The van der Waals surface area contributed by atoms with Gasteiger partial charge >= 0.3 is 12.0 Å². The fourth-order valence-electron chi connectivity index (χ4n) is 2.95. The number of likely N-dealkylation sites (tertiary alicyclic amines) is 1. The van der Waals surface area contributed by atoms with Gasteiger partial charge in [-0.1, -0.05) is 41.4 Å². The molecule has 0 spiro atoms. The second-order valence-electron chi connectivity index (χ2n) is 5.82. The average molecular weight is 379 g/mol. The van der Waals surface area contributed by atoms with Crippen molar-refractivity contribution in [3.8, 4) is 11.1 Å². The lowest BCUT2D eigenvalue weighted by Gasteiger charge is -2.23. The Morgan fingerprint density at radius 1 is 1.08 bits per heavy atom. The van der Waals surface area contributed by atoms with E-state index in [0.29, 0.717) is 35.1 Å². The van der Waals surface area contributed by atoms with Gasteiger partial charge in [-0.2, -0.15) is 0 Å². The van der Waals surface area contributed by atoms with Crippen LogP contribution in [0.15, 0.2) is 42.5 Å². The van der Waals surface area contributed by atoms with E-state index < -0.39 is 18.0 Å². The van der Waals surface area contributed by atoms with Crippen LogP contribution in [0.3, 0.4) is 0 Å². The van der Waals surface area contributed by atoms with Gasteiger partial charge in [0.05, 0.1) is 5.69 Å². The number of aliphatic carboxylic acids is 1. The van der Waals surface area contributed by atoms with E-state index in [-0.39, 0.29) is 0 Å². The number of urea groups is 1. The smallest absolute Gasteiger partial charge is 0.326 e. The molecule has 2 amide bonds. The fourth-order valence-corrected chi connectivity index (χ4v) is 3.25. The zero-order chi connectivity index (χ0) is 18.0. The molecule has 0 saturated carbocycles. The van der Waals surface area contributed by atoms with E-state index in [0.717, 1.165) is 11.1 Å². The fraction of sp³-hybridized carbons (Fsp3) is 0.222. The van der Waals surface area contributed by atoms with Gasteiger partial charge < -0.3 is 15.3 Å². The highest BCUT2D eigenvalue weighted by molar-refractivity contribution is 6.31. The molecule has 0 unspecified atom stereocenters. The van der Waals surface area contributed by atoms with Crippen LogP contribution in [0, 0.1) is 0 Å². The van der Waals surface area contributed by atoms with Crippen molar-refractivity contribution in [3.05, 3.63) is 52.5 Å². The summed E-state index contributed by atoms with van der Waals surface area (Å²) < 4.78 is 0. The third-order valence-electron chi connectivity index (χ3n) is 4.18. The molecule has 2 aromatic rings. The normalized spacial score (nSPS) is 16.7. The maximum Gasteiger partial charge on any atom is 0.326 e. The van der Waals surface area contributed by atoms with Crippen LogP contribution in [0.4, 0.5) is 10.5 Å². The van der Waals surface area contributed by atoms with Crippen LogP contribution >= 0.6 is 23.2 Å². The van der Waals surface area contributed by atoms with E-state index in [1.807, 2.05) is 12.1 Å². The van der Waals surface area contributed by atoms with Crippen LogP contribution < -0.4 is 5.32 Å². The van der Waals surface area contributed by atoms with Crippen LogP contribution in [0.2, 0.25) is 10.0 Å². The Labute approximate surface area is 155 Å². The van der Waals surface area contributed by atoms with Crippen molar-refractivity contribution in [3.63, 3.8) is 0 Å². The molecule has 0 radical (unpaired) electrons. The minimum atomic E-state index is -0.989. The van der Waals surface area contributed by atoms with Crippen molar-refractivity contribution in [2.45, 2.75) is 18.9 Å². The molecule has 1 atom stereocenters. The van der Waals surface area contributed by atoms with E-state index in [9.17, 15) is 14.7 Å². The maximum absolute atomic E-state index is 12.6. The lowest BCUT2D eigenvalue weighted by atomic mass is 10.0. The third-order valence-corrected chi connectivity index (χ3v) is 4.66. The first kappa shape index (κ1) is 17.6. The number of carbonyl (C=O) groups excluding carboxylic acids is 1. The zero-order valence-corrected chi connectivity index (χ0v) is 14.7. The van der Waals surface area contributed by atoms with Crippen molar-refractivity contribution in [1.29, 1.82) is 0 Å². The van der Waals surface area contributed by atoms with Crippen LogP contribution in [0.5, 0.6) is 0 Å². The topological polar surface area (TPSA) is 69.6 Å². The standard InChI is InChI=1S/C18H16Cl2N2O3/c19-12-5-3-11(4-6-12)14-8-7-13(20)10-15(14)21-18(25)22-9-1-2-16(22)17(23)24/h3-8,10,16H,1-2,9H2,(H,21,25)(H,23,24)/t16-/m1/s1. The average Bonchev–Trinajstić information content (AvgIpc) is 3.06. The summed E-state index contributed by atoms with van der Waals surface area (Å²) in [4.78, 5) is 25.2. The van der Waals surface area contributed by atoms with Gasteiger partial charge in [0.2, 0.25) is 0 Å². The summed E-state index contributed by atoms with van der Waals surface area (Å²) >= 11 is 12.0. The van der Waals surface area contributed by atoms with Gasteiger partial charge in [-0.05, 0) is 42.7 Å². The highest BCUT2D eigenvalue weighted by Crippen LogP contribution is 2.32. The molecule has 25 heavy (non-hydrogen) atoms. The molecule has 1 heterocycles. The predicted molar refractivity (Wildman–Crippen MR) is 98.3 cm³/mol. The number of halogens is 2. The summed E-state index contributed by atoms with van der Waals surface area (Å²) in [7, 11) is 0.